The molecule has 0 aliphatic heterocycles. The first-order chi connectivity index (χ1) is 13.5. The maximum absolute atomic E-state index is 12.5. The van der Waals surface area contributed by atoms with E-state index in [0.717, 1.165) is 16.7 Å². The summed E-state index contributed by atoms with van der Waals surface area (Å²) >= 11 is 0. The summed E-state index contributed by atoms with van der Waals surface area (Å²) in [6, 6.07) is 13.4. The monoisotopic (exact) mass is 383 g/mol. The summed E-state index contributed by atoms with van der Waals surface area (Å²) in [5, 5.41) is 16.5. The van der Waals surface area contributed by atoms with Gasteiger partial charge in [-0.2, -0.15) is 0 Å². The number of hydrogen-bond acceptors (Lipinski definition) is 5. The quantitative estimate of drug-likeness (QED) is 0.351. The third kappa shape index (κ3) is 4.03. The van der Waals surface area contributed by atoms with Gasteiger partial charge in [0.25, 0.3) is 5.69 Å². The number of anilines is 1. The lowest BCUT2D eigenvalue weighted by Gasteiger charge is -2.08. The van der Waals surface area contributed by atoms with Gasteiger partial charge in [0, 0.05) is 37.5 Å². The second kappa shape index (κ2) is 8.38. The molecular formula is C19H21N5O4. The molecule has 0 saturated heterocycles. The number of nitro groups is 1. The lowest BCUT2D eigenvalue weighted by molar-refractivity contribution is -0.384. The van der Waals surface area contributed by atoms with Crippen molar-refractivity contribution in [3.63, 3.8) is 0 Å². The number of carbonyl (C=O) groups is 1. The Morgan fingerprint density at radius 3 is 2.29 bits per heavy atom. The molecule has 0 aliphatic carbocycles. The van der Waals surface area contributed by atoms with E-state index < -0.39 is 4.92 Å². The molecule has 2 aromatic carbocycles. The van der Waals surface area contributed by atoms with Crippen LogP contribution in [-0.2, 0) is 17.9 Å². The Morgan fingerprint density at radius 1 is 1.04 bits per heavy atom. The van der Waals surface area contributed by atoms with Crippen LogP contribution in [0.4, 0.5) is 11.4 Å². The second-order valence-electron chi connectivity index (χ2n) is 6.18. The summed E-state index contributed by atoms with van der Waals surface area (Å²) in [6.07, 6.45) is 0. The average molecular weight is 383 g/mol. The number of benzene rings is 2. The number of carbonyl (C=O) groups excluding carboxylic acids is 1. The summed E-state index contributed by atoms with van der Waals surface area (Å²) in [7, 11) is 0. The van der Waals surface area contributed by atoms with E-state index in [1.807, 2.05) is 31.2 Å². The van der Waals surface area contributed by atoms with Gasteiger partial charge in [0.05, 0.1) is 16.0 Å². The van der Waals surface area contributed by atoms with Crippen molar-refractivity contribution in [3.8, 4) is 0 Å². The molecule has 9 nitrogen and oxygen atoms in total. The van der Waals surface area contributed by atoms with Crippen molar-refractivity contribution in [1.82, 2.24) is 14.5 Å². The maximum atomic E-state index is 12.5. The number of nitro benzene ring substituents is 1. The van der Waals surface area contributed by atoms with E-state index in [9.17, 15) is 19.7 Å². The highest BCUT2D eigenvalue weighted by atomic mass is 16.6. The minimum Gasteiger partial charge on any atom is -0.383 e. The van der Waals surface area contributed by atoms with Crippen molar-refractivity contribution in [2.24, 2.45) is 0 Å². The van der Waals surface area contributed by atoms with Crippen molar-refractivity contribution in [1.29, 1.82) is 0 Å². The fourth-order valence-electron chi connectivity index (χ4n) is 3.04. The standard InChI is InChI=1S/C19H21N5O4/c1-2-22-16-5-3-4-6-17(16)23(19(22)26)13-18(25)21-12-11-20-14-7-9-15(10-8-14)24(27)28/h3-10,20H,2,11-13H2,1H3,(H,21,25). The summed E-state index contributed by atoms with van der Waals surface area (Å²) in [6.45, 7) is 3.19. The Bertz CT molecular complexity index is 1050. The van der Waals surface area contributed by atoms with Crippen molar-refractivity contribution < 1.29 is 9.72 Å². The minimum absolute atomic E-state index is 0.0236. The summed E-state index contributed by atoms with van der Waals surface area (Å²) in [5.41, 5.74) is 2.08. The molecule has 9 heteroatoms. The summed E-state index contributed by atoms with van der Waals surface area (Å²) < 4.78 is 3.11. The van der Waals surface area contributed by atoms with Gasteiger partial charge < -0.3 is 10.6 Å². The molecule has 0 radical (unpaired) electrons. The number of amides is 1. The molecule has 1 amide bonds. The van der Waals surface area contributed by atoms with Crippen LogP contribution in [-0.4, -0.2) is 33.1 Å². The Kier molecular flexibility index (Phi) is 5.73. The van der Waals surface area contributed by atoms with E-state index >= 15 is 0 Å². The molecule has 0 unspecified atom stereocenters. The Labute approximate surface area is 160 Å². The van der Waals surface area contributed by atoms with E-state index in [2.05, 4.69) is 10.6 Å². The number of hydrogen-bond donors (Lipinski definition) is 2. The number of rotatable bonds is 8. The van der Waals surface area contributed by atoms with E-state index in [0.29, 0.717) is 19.6 Å². The molecule has 2 N–H and O–H groups in total. The molecule has 3 rings (SSSR count). The molecular weight excluding hydrogens is 362 g/mol. The number of aryl methyl sites for hydroxylation is 1. The second-order valence-corrected chi connectivity index (χ2v) is 6.18. The fourth-order valence-corrected chi connectivity index (χ4v) is 3.04. The van der Waals surface area contributed by atoms with Gasteiger partial charge in [-0.25, -0.2) is 4.79 Å². The molecule has 1 heterocycles. The van der Waals surface area contributed by atoms with Crippen molar-refractivity contribution in [3.05, 3.63) is 69.1 Å². The third-order valence-electron chi connectivity index (χ3n) is 4.40. The zero-order valence-corrected chi connectivity index (χ0v) is 15.4. The van der Waals surface area contributed by atoms with Gasteiger partial charge in [0.15, 0.2) is 0 Å². The first-order valence-corrected chi connectivity index (χ1v) is 8.94. The SMILES string of the molecule is CCn1c(=O)n(CC(=O)NCCNc2ccc([N+](=O)[O-])cc2)c2ccccc21. The number of para-hydroxylation sites is 2. The van der Waals surface area contributed by atoms with Gasteiger partial charge >= 0.3 is 5.69 Å². The molecule has 146 valence electrons. The number of nitrogens with zero attached hydrogens (tertiary/aromatic N) is 3. The largest absolute Gasteiger partial charge is 0.383 e. The number of fused-ring (bicyclic) bond motifs is 1. The van der Waals surface area contributed by atoms with Crippen LogP contribution in [0.3, 0.4) is 0 Å². The first-order valence-electron chi connectivity index (χ1n) is 8.94. The zero-order chi connectivity index (χ0) is 20.1. The lowest BCUT2D eigenvalue weighted by Crippen LogP contribution is -2.35. The summed E-state index contributed by atoms with van der Waals surface area (Å²) in [4.78, 5) is 35.0. The Morgan fingerprint density at radius 2 is 1.68 bits per heavy atom. The van der Waals surface area contributed by atoms with Crippen LogP contribution in [0.1, 0.15) is 6.92 Å². The lowest BCUT2D eigenvalue weighted by atomic mass is 10.3. The number of nitrogens with one attached hydrogen (secondary N) is 2. The van der Waals surface area contributed by atoms with Crippen LogP contribution >= 0.6 is 0 Å². The fraction of sp³-hybridized carbons (Fsp3) is 0.263. The maximum Gasteiger partial charge on any atom is 0.329 e. The van der Waals surface area contributed by atoms with Crippen molar-refractivity contribution in [2.75, 3.05) is 18.4 Å². The topological polar surface area (TPSA) is 111 Å². The minimum atomic E-state index is -0.457. The Hall–Kier alpha value is -3.62. The third-order valence-corrected chi connectivity index (χ3v) is 4.40. The van der Waals surface area contributed by atoms with Crippen molar-refractivity contribution in [2.45, 2.75) is 20.0 Å². The highest BCUT2D eigenvalue weighted by Gasteiger charge is 2.14. The number of aromatic nitrogens is 2. The van der Waals surface area contributed by atoms with Crippen LogP contribution in [0.5, 0.6) is 0 Å². The predicted molar refractivity (Wildman–Crippen MR) is 106 cm³/mol. The van der Waals surface area contributed by atoms with E-state index in [1.165, 1.54) is 16.7 Å². The van der Waals surface area contributed by atoms with Gasteiger partial charge in [0.1, 0.15) is 6.54 Å². The van der Waals surface area contributed by atoms with E-state index in [4.69, 9.17) is 0 Å². The highest BCUT2D eigenvalue weighted by Crippen LogP contribution is 2.15. The van der Waals surface area contributed by atoms with Crippen molar-refractivity contribution >= 4 is 28.3 Å². The Balaban J connectivity index is 1.55. The molecule has 28 heavy (non-hydrogen) atoms. The van der Waals surface area contributed by atoms with E-state index in [1.54, 1.807) is 16.7 Å². The average Bonchev–Trinajstić information content (AvgIpc) is 2.96. The smallest absolute Gasteiger partial charge is 0.329 e. The van der Waals surface area contributed by atoms with Crippen LogP contribution in [0.15, 0.2) is 53.3 Å². The van der Waals surface area contributed by atoms with E-state index in [-0.39, 0.29) is 23.8 Å². The molecule has 0 bridgehead atoms. The van der Waals surface area contributed by atoms with Gasteiger partial charge in [0.2, 0.25) is 5.91 Å². The highest BCUT2D eigenvalue weighted by molar-refractivity contribution is 5.80. The molecule has 0 saturated carbocycles. The van der Waals surface area contributed by atoms with Crippen LogP contribution in [0.25, 0.3) is 11.0 Å². The number of imidazole rings is 1. The summed E-state index contributed by atoms with van der Waals surface area (Å²) in [5.74, 6) is -0.258. The zero-order valence-electron chi connectivity index (χ0n) is 15.4. The van der Waals surface area contributed by atoms with Gasteiger partial charge in [-0.1, -0.05) is 12.1 Å². The van der Waals surface area contributed by atoms with Crippen LogP contribution < -0.4 is 16.3 Å². The molecule has 3 aromatic rings. The van der Waals surface area contributed by atoms with Gasteiger partial charge in [-0.15, -0.1) is 0 Å². The van der Waals surface area contributed by atoms with Gasteiger partial charge in [-0.3, -0.25) is 24.0 Å². The first kappa shape index (κ1) is 19.2. The normalized spacial score (nSPS) is 10.8. The molecule has 0 atom stereocenters. The number of non-ortho nitro benzene ring substituents is 1. The molecule has 0 aliphatic rings. The predicted octanol–water partition coefficient (Wildman–Crippen LogP) is 1.96. The van der Waals surface area contributed by atoms with Crippen LogP contribution in [0.2, 0.25) is 0 Å². The molecule has 1 aromatic heterocycles. The molecule has 0 spiro atoms. The molecule has 0 fully saturated rings. The van der Waals surface area contributed by atoms with Gasteiger partial charge in [-0.05, 0) is 31.2 Å². The van der Waals surface area contributed by atoms with Crippen LogP contribution in [0, 0.1) is 10.1 Å².